The molecule has 0 fully saturated rings. The number of amidine groups is 1. The van der Waals surface area contributed by atoms with Crippen LogP contribution in [0.25, 0.3) is 5.70 Å². The number of para-hydroxylation sites is 1. The summed E-state index contributed by atoms with van der Waals surface area (Å²) in [6, 6.07) is 24.3. The van der Waals surface area contributed by atoms with Crippen LogP contribution in [0.4, 0.5) is 5.69 Å². The summed E-state index contributed by atoms with van der Waals surface area (Å²) in [6.45, 7) is 10.5. The number of unbranched alkanes of at least 4 members (excludes halogenated alkanes) is 2. The standard InChI is InChI=1S/C17H19N3.C7H6.C5H12/c1-12-8-4-5-9-14(12)13(2)20-17(18)15-10-6-7-11-16(15)19-3;1-2-4-7-5-6(7)3-1;1-3-5-4-2/h4-11,19H,2H2,1,3H3,(H2,18,20);1-4H,5H2;3-5H2,1-2H3. The Balaban J connectivity index is 0.000000244. The number of nitrogens with two attached hydrogens (primary N) is 1. The van der Waals surface area contributed by atoms with Crippen LogP contribution >= 0.6 is 0 Å². The number of hydrogen-bond acceptors (Lipinski definition) is 2. The Labute approximate surface area is 194 Å². The maximum absolute atomic E-state index is 6.11. The molecule has 0 saturated heterocycles. The van der Waals surface area contributed by atoms with E-state index in [0.29, 0.717) is 11.5 Å². The van der Waals surface area contributed by atoms with Gasteiger partial charge in [-0.2, -0.15) is 0 Å². The molecule has 3 heteroatoms. The topological polar surface area (TPSA) is 50.4 Å². The third-order valence-corrected chi connectivity index (χ3v) is 5.27. The van der Waals surface area contributed by atoms with Crippen molar-refractivity contribution in [1.82, 2.24) is 0 Å². The molecule has 0 spiro atoms. The number of nitrogens with zero attached hydrogens (tertiary/aromatic N) is 1. The quantitative estimate of drug-likeness (QED) is 0.252. The average Bonchev–Trinajstić information content (AvgIpc) is 3.60. The van der Waals surface area contributed by atoms with Gasteiger partial charge in [0.15, 0.2) is 0 Å². The lowest BCUT2D eigenvalue weighted by atomic mass is 10.1. The van der Waals surface area contributed by atoms with E-state index >= 15 is 0 Å². The monoisotopic (exact) mass is 427 g/mol. The largest absolute Gasteiger partial charge is 0.388 e. The molecule has 0 unspecified atom stereocenters. The number of hydrogen-bond donors (Lipinski definition) is 2. The third kappa shape index (κ3) is 7.73. The van der Waals surface area contributed by atoms with Crippen LogP contribution in [-0.2, 0) is 6.42 Å². The molecular formula is C29H37N3. The molecule has 0 aliphatic heterocycles. The fourth-order valence-corrected chi connectivity index (χ4v) is 3.28. The van der Waals surface area contributed by atoms with Crippen LogP contribution in [0.2, 0.25) is 0 Å². The highest BCUT2D eigenvalue weighted by atomic mass is 14.9. The molecule has 0 radical (unpaired) electrons. The molecule has 1 aliphatic carbocycles. The summed E-state index contributed by atoms with van der Waals surface area (Å²) in [5.74, 6) is 0.461. The molecule has 0 amide bonds. The highest BCUT2D eigenvalue weighted by molar-refractivity contribution is 6.04. The van der Waals surface area contributed by atoms with Crippen molar-refractivity contribution in [2.75, 3.05) is 12.4 Å². The number of fused-ring (bicyclic) bond motifs is 1. The van der Waals surface area contributed by atoms with Gasteiger partial charge in [-0.15, -0.1) is 0 Å². The van der Waals surface area contributed by atoms with Crippen LogP contribution in [0, 0.1) is 6.92 Å². The Morgan fingerprint density at radius 2 is 1.41 bits per heavy atom. The van der Waals surface area contributed by atoms with Crippen molar-refractivity contribution < 1.29 is 0 Å². The minimum Gasteiger partial charge on any atom is -0.388 e. The fourth-order valence-electron chi connectivity index (χ4n) is 3.28. The Morgan fingerprint density at radius 3 is 1.91 bits per heavy atom. The van der Waals surface area contributed by atoms with E-state index in [-0.39, 0.29) is 0 Å². The molecule has 3 N–H and O–H groups in total. The van der Waals surface area contributed by atoms with E-state index in [1.807, 2.05) is 62.5 Å². The molecule has 0 saturated carbocycles. The van der Waals surface area contributed by atoms with E-state index in [0.717, 1.165) is 22.4 Å². The minimum atomic E-state index is 0.461. The van der Waals surface area contributed by atoms with Crippen molar-refractivity contribution in [3.05, 3.63) is 107 Å². The number of anilines is 1. The van der Waals surface area contributed by atoms with Crippen molar-refractivity contribution in [3.8, 4) is 0 Å². The van der Waals surface area contributed by atoms with Crippen LogP contribution in [0.15, 0.2) is 84.4 Å². The number of aryl methyl sites for hydroxylation is 1. The Morgan fingerprint density at radius 1 is 0.875 bits per heavy atom. The van der Waals surface area contributed by atoms with Crippen molar-refractivity contribution >= 4 is 17.2 Å². The second-order valence-corrected chi connectivity index (χ2v) is 7.85. The van der Waals surface area contributed by atoms with Gasteiger partial charge < -0.3 is 11.1 Å². The van der Waals surface area contributed by atoms with Gasteiger partial charge in [0.2, 0.25) is 0 Å². The van der Waals surface area contributed by atoms with Gasteiger partial charge in [-0.25, -0.2) is 4.99 Å². The van der Waals surface area contributed by atoms with Gasteiger partial charge in [0.25, 0.3) is 0 Å². The van der Waals surface area contributed by atoms with Crippen molar-refractivity contribution in [1.29, 1.82) is 0 Å². The summed E-state index contributed by atoms with van der Waals surface area (Å²) < 4.78 is 0. The summed E-state index contributed by atoms with van der Waals surface area (Å²) in [7, 11) is 1.86. The molecule has 0 aromatic heterocycles. The third-order valence-electron chi connectivity index (χ3n) is 5.27. The highest BCUT2D eigenvalue weighted by Gasteiger charge is 2.12. The summed E-state index contributed by atoms with van der Waals surface area (Å²) in [5.41, 5.74) is 13.8. The zero-order chi connectivity index (χ0) is 23.3. The van der Waals surface area contributed by atoms with E-state index < -0.39 is 0 Å². The van der Waals surface area contributed by atoms with Crippen molar-refractivity contribution in [2.45, 2.75) is 46.5 Å². The van der Waals surface area contributed by atoms with Crippen LogP contribution in [0.3, 0.4) is 0 Å². The number of nitrogens with one attached hydrogen (secondary N) is 1. The number of aliphatic imine (C=N–C) groups is 1. The van der Waals surface area contributed by atoms with E-state index in [1.54, 1.807) is 0 Å². The van der Waals surface area contributed by atoms with E-state index in [4.69, 9.17) is 5.73 Å². The summed E-state index contributed by atoms with van der Waals surface area (Å²) in [4.78, 5) is 4.45. The average molecular weight is 428 g/mol. The van der Waals surface area contributed by atoms with Crippen LogP contribution < -0.4 is 11.1 Å². The lowest BCUT2D eigenvalue weighted by molar-refractivity contribution is 0.772. The van der Waals surface area contributed by atoms with E-state index in [9.17, 15) is 0 Å². The highest BCUT2D eigenvalue weighted by Crippen LogP contribution is 2.25. The molecule has 3 aromatic rings. The molecule has 0 atom stereocenters. The Kier molecular flexibility index (Phi) is 10.3. The smallest absolute Gasteiger partial charge is 0.133 e. The molecule has 0 heterocycles. The fraction of sp³-hybridized carbons (Fsp3) is 0.276. The first-order valence-electron chi connectivity index (χ1n) is 11.4. The lowest BCUT2D eigenvalue weighted by Gasteiger charge is -2.10. The molecule has 0 bridgehead atoms. The summed E-state index contributed by atoms with van der Waals surface area (Å²) >= 11 is 0. The molecule has 3 nitrogen and oxygen atoms in total. The van der Waals surface area contributed by atoms with Crippen LogP contribution in [-0.4, -0.2) is 12.9 Å². The van der Waals surface area contributed by atoms with E-state index in [2.05, 4.69) is 55.0 Å². The normalized spacial score (nSPS) is 11.2. The van der Waals surface area contributed by atoms with Gasteiger partial charge in [-0.1, -0.05) is 100 Å². The van der Waals surface area contributed by atoms with Gasteiger partial charge in [-0.3, -0.25) is 0 Å². The maximum atomic E-state index is 6.11. The zero-order valence-electron chi connectivity index (χ0n) is 20.0. The first-order valence-corrected chi connectivity index (χ1v) is 11.4. The number of benzene rings is 3. The SMILES string of the molecule is C=C(N=C(N)c1ccccc1NC)c1ccccc1C.CCCCC.c1ccc2c(c1)C2. The second-order valence-electron chi connectivity index (χ2n) is 7.85. The first-order chi connectivity index (χ1) is 15.5. The minimum absolute atomic E-state index is 0.461. The van der Waals surface area contributed by atoms with Gasteiger partial charge in [0.1, 0.15) is 5.84 Å². The predicted octanol–water partition coefficient (Wildman–Crippen LogP) is 7.20. The Bertz CT molecular complexity index is 1010. The van der Waals surface area contributed by atoms with Gasteiger partial charge in [0, 0.05) is 23.9 Å². The van der Waals surface area contributed by atoms with Gasteiger partial charge in [-0.05, 0) is 42.2 Å². The van der Waals surface area contributed by atoms with Crippen molar-refractivity contribution in [2.24, 2.45) is 10.7 Å². The molecule has 1 aliphatic rings. The molecule has 32 heavy (non-hydrogen) atoms. The lowest BCUT2D eigenvalue weighted by Crippen LogP contribution is -2.15. The first kappa shape index (κ1) is 24.9. The van der Waals surface area contributed by atoms with Gasteiger partial charge in [0.05, 0.1) is 5.70 Å². The second kappa shape index (κ2) is 13.2. The predicted molar refractivity (Wildman–Crippen MR) is 141 cm³/mol. The zero-order valence-corrected chi connectivity index (χ0v) is 20.0. The summed E-state index contributed by atoms with van der Waals surface area (Å²) in [6.07, 6.45) is 5.32. The van der Waals surface area contributed by atoms with Crippen LogP contribution in [0.5, 0.6) is 0 Å². The molecule has 4 rings (SSSR count). The Hall–Kier alpha value is -3.33. The molecule has 168 valence electrons. The number of rotatable bonds is 6. The molecule has 3 aromatic carbocycles. The summed E-state index contributed by atoms with van der Waals surface area (Å²) in [5, 5.41) is 3.11. The van der Waals surface area contributed by atoms with E-state index in [1.165, 1.54) is 36.8 Å². The maximum Gasteiger partial charge on any atom is 0.133 e. The van der Waals surface area contributed by atoms with Crippen LogP contribution in [0.1, 0.15) is 60.9 Å². The van der Waals surface area contributed by atoms with Gasteiger partial charge >= 0.3 is 0 Å². The molecular weight excluding hydrogens is 390 g/mol. The van der Waals surface area contributed by atoms with Crippen molar-refractivity contribution in [3.63, 3.8) is 0 Å².